The fraction of sp³-hybridized carbons (Fsp3) is 0.458. The first kappa shape index (κ1) is 24.0. The minimum atomic E-state index is -6.06. The van der Waals surface area contributed by atoms with Gasteiger partial charge in [-0.1, -0.05) is 43.5 Å². The predicted octanol–water partition coefficient (Wildman–Crippen LogP) is 7.13. The number of carbonyl (C=O) groups is 1. The number of benzene rings is 2. The van der Waals surface area contributed by atoms with Gasteiger partial charge in [-0.05, 0) is 56.9 Å². The molecule has 0 spiro atoms. The van der Waals surface area contributed by atoms with E-state index in [4.69, 9.17) is 9.47 Å². The van der Waals surface area contributed by atoms with Gasteiger partial charge < -0.3 is 9.47 Å². The molecule has 1 aliphatic heterocycles. The maximum Gasteiger partial charge on any atom is 0.465 e. The Hall–Kier alpha value is -2.64. The molecular formula is C24H25F5O3. The van der Waals surface area contributed by atoms with Gasteiger partial charge in [0.1, 0.15) is 17.1 Å². The minimum absolute atomic E-state index is 0.189. The topological polar surface area (TPSA) is 35.5 Å². The van der Waals surface area contributed by atoms with Crippen molar-refractivity contribution < 1.29 is 36.2 Å². The molecule has 1 heterocycles. The Kier molecular flexibility index (Phi) is 6.28. The highest BCUT2D eigenvalue weighted by Crippen LogP contribution is 2.51. The van der Waals surface area contributed by atoms with Crippen LogP contribution in [0.2, 0.25) is 0 Å². The zero-order chi connectivity index (χ0) is 23.9. The fourth-order valence-electron chi connectivity index (χ4n) is 3.79. The summed E-state index contributed by atoms with van der Waals surface area (Å²) in [6, 6.07) is 8.51. The van der Waals surface area contributed by atoms with Gasteiger partial charge in [0, 0.05) is 5.56 Å². The Labute approximate surface area is 183 Å². The first-order valence-electron chi connectivity index (χ1n) is 10.4. The zero-order valence-corrected chi connectivity index (χ0v) is 18.3. The van der Waals surface area contributed by atoms with Crippen LogP contribution >= 0.6 is 0 Å². The Bertz CT molecular complexity index is 1030. The molecule has 32 heavy (non-hydrogen) atoms. The third-order valence-electron chi connectivity index (χ3n) is 5.47. The van der Waals surface area contributed by atoms with Crippen molar-refractivity contribution in [1.29, 1.82) is 0 Å². The Morgan fingerprint density at radius 3 is 2.38 bits per heavy atom. The molecule has 2 aromatic carbocycles. The van der Waals surface area contributed by atoms with E-state index >= 15 is 0 Å². The molecule has 0 aliphatic carbocycles. The lowest BCUT2D eigenvalue weighted by Gasteiger charge is -2.36. The average molecular weight is 456 g/mol. The molecule has 3 nitrogen and oxygen atoms in total. The lowest BCUT2D eigenvalue weighted by Crippen LogP contribution is -2.46. The molecule has 174 valence electrons. The summed E-state index contributed by atoms with van der Waals surface area (Å²) >= 11 is 0. The second-order valence-electron chi connectivity index (χ2n) is 8.55. The number of halogens is 5. The quantitative estimate of drug-likeness (QED) is 0.201. The summed E-state index contributed by atoms with van der Waals surface area (Å²) in [7, 11) is 0. The number of alkyl halides is 5. The molecule has 2 aromatic rings. The molecule has 0 unspecified atom stereocenters. The number of hydrogen-bond acceptors (Lipinski definition) is 3. The van der Waals surface area contributed by atoms with E-state index in [1.807, 2.05) is 33.8 Å². The van der Waals surface area contributed by atoms with Crippen LogP contribution in [0.15, 0.2) is 30.3 Å². The highest BCUT2D eigenvalue weighted by molar-refractivity contribution is 5.87. The van der Waals surface area contributed by atoms with Crippen molar-refractivity contribution in [3.63, 3.8) is 0 Å². The molecule has 1 aliphatic rings. The van der Waals surface area contributed by atoms with Crippen molar-refractivity contribution in [2.75, 3.05) is 0 Å². The standard InChI is InChI=1S/C24H25F5O3/c1-5-6-7-8-15-12-18(31-21(30)23(25,26)24(27,28)29)20-16-11-14(2)9-10-17(16)22(3,4)32-19(20)13-15/h9-13H,5-8H2,1-4H3. The maximum absolute atomic E-state index is 13.6. The van der Waals surface area contributed by atoms with Crippen molar-refractivity contribution in [3.8, 4) is 22.6 Å². The minimum Gasteiger partial charge on any atom is -0.482 e. The van der Waals surface area contributed by atoms with Gasteiger partial charge in [-0.3, -0.25) is 0 Å². The van der Waals surface area contributed by atoms with E-state index < -0.39 is 23.7 Å². The summed E-state index contributed by atoms with van der Waals surface area (Å²) in [4.78, 5) is 11.9. The van der Waals surface area contributed by atoms with Gasteiger partial charge >= 0.3 is 18.1 Å². The van der Waals surface area contributed by atoms with Gasteiger partial charge in [0.2, 0.25) is 0 Å². The molecule has 0 bridgehead atoms. The number of fused-ring (bicyclic) bond motifs is 3. The number of carbonyl (C=O) groups excluding carboxylic acids is 1. The summed E-state index contributed by atoms with van der Waals surface area (Å²) < 4.78 is 76.3. The molecule has 0 radical (unpaired) electrons. The molecule has 0 aromatic heterocycles. The van der Waals surface area contributed by atoms with Crippen LogP contribution in [0.25, 0.3) is 11.1 Å². The molecule has 0 atom stereocenters. The van der Waals surface area contributed by atoms with Gasteiger partial charge in [-0.25, -0.2) is 4.79 Å². The lowest BCUT2D eigenvalue weighted by atomic mass is 9.84. The molecule has 8 heteroatoms. The van der Waals surface area contributed by atoms with Crippen molar-refractivity contribution in [3.05, 3.63) is 47.0 Å². The summed E-state index contributed by atoms with van der Waals surface area (Å²) in [6.07, 6.45) is -2.89. The predicted molar refractivity (Wildman–Crippen MR) is 110 cm³/mol. The first-order valence-corrected chi connectivity index (χ1v) is 10.4. The molecular weight excluding hydrogens is 431 g/mol. The number of hydrogen-bond donors (Lipinski definition) is 0. The maximum atomic E-state index is 13.6. The van der Waals surface area contributed by atoms with Gasteiger partial charge in [-0.2, -0.15) is 22.0 Å². The van der Waals surface area contributed by atoms with E-state index in [9.17, 15) is 26.7 Å². The monoisotopic (exact) mass is 456 g/mol. The molecule has 0 saturated heterocycles. The molecule has 0 fully saturated rings. The third-order valence-corrected chi connectivity index (χ3v) is 5.47. The number of unbranched alkanes of at least 4 members (excludes halogenated alkanes) is 2. The van der Waals surface area contributed by atoms with E-state index in [-0.39, 0.29) is 17.1 Å². The molecule has 0 saturated carbocycles. The largest absolute Gasteiger partial charge is 0.482 e. The lowest BCUT2D eigenvalue weighted by molar-refractivity contribution is -0.276. The number of aryl methyl sites for hydroxylation is 2. The van der Waals surface area contributed by atoms with Crippen LogP contribution in [0.1, 0.15) is 56.7 Å². The second kappa shape index (κ2) is 8.37. The van der Waals surface area contributed by atoms with Crippen LogP contribution in [0.4, 0.5) is 22.0 Å². The smallest absolute Gasteiger partial charge is 0.465 e. The Balaban J connectivity index is 2.16. The third kappa shape index (κ3) is 4.45. The summed E-state index contributed by atoms with van der Waals surface area (Å²) in [5.74, 6) is -8.40. The van der Waals surface area contributed by atoms with E-state index in [0.29, 0.717) is 23.1 Å². The highest BCUT2D eigenvalue weighted by atomic mass is 19.4. The Morgan fingerprint density at radius 2 is 1.75 bits per heavy atom. The van der Waals surface area contributed by atoms with Gasteiger partial charge in [-0.15, -0.1) is 0 Å². The Morgan fingerprint density at radius 1 is 1.06 bits per heavy atom. The van der Waals surface area contributed by atoms with Crippen LogP contribution in [0.3, 0.4) is 0 Å². The molecule has 3 rings (SSSR count). The van der Waals surface area contributed by atoms with E-state index in [0.717, 1.165) is 24.8 Å². The summed E-state index contributed by atoms with van der Waals surface area (Å²) in [5.41, 5.74) is 2.15. The van der Waals surface area contributed by atoms with Crippen molar-refractivity contribution in [2.24, 2.45) is 0 Å². The van der Waals surface area contributed by atoms with Crippen LogP contribution in [0.5, 0.6) is 11.5 Å². The molecule has 0 amide bonds. The van der Waals surface area contributed by atoms with Crippen LogP contribution in [0, 0.1) is 6.92 Å². The van der Waals surface area contributed by atoms with Gasteiger partial charge in [0.15, 0.2) is 0 Å². The average Bonchev–Trinajstić information content (AvgIpc) is 2.66. The second-order valence-corrected chi connectivity index (χ2v) is 8.55. The highest BCUT2D eigenvalue weighted by Gasteiger charge is 2.65. The molecule has 0 N–H and O–H groups in total. The fourth-order valence-corrected chi connectivity index (χ4v) is 3.79. The number of esters is 1. The van der Waals surface area contributed by atoms with Gasteiger partial charge in [0.25, 0.3) is 0 Å². The van der Waals surface area contributed by atoms with Crippen LogP contribution in [-0.2, 0) is 16.8 Å². The summed E-state index contributed by atoms with van der Waals surface area (Å²) in [6.45, 7) is 7.50. The first-order chi connectivity index (χ1) is 14.8. The van der Waals surface area contributed by atoms with Crippen molar-refractivity contribution >= 4 is 5.97 Å². The van der Waals surface area contributed by atoms with E-state index in [1.165, 1.54) is 6.07 Å². The van der Waals surface area contributed by atoms with E-state index in [1.54, 1.807) is 18.2 Å². The van der Waals surface area contributed by atoms with Crippen molar-refractivity contribution in [1.82, 2.24) is 0 Å². The normalized spacial score (nSPS) is 14.9. The number of ether oxygens (including phenoxy) is 2. The van der Waals surface area contributed by atoms with E-state index in [2.05, 4.69) is 0 Å². The van der Waals surface area contributed by atoms with Gasteiger partial charge in [0.05, 0.1) is 5.56 Å². The van der Waals surface area contributed by atoms with Crippen LogP contribution < -0.4 is 9.47 Å². The van der Waals surface area contributed by atoms with Crippen molar-refractivity contribution in [2.45, 2.75) is 71.1 Å². The summed E-state index contributed by atoms with van der Waals surface area (Å²) in [5, 5.41) is 0. The number of rotatable bonds is 6. The van der Waals surface area contributed by atoms with Crippen LogP contribution in [-0.4, -0.2) is 18.1 Å². The zero-order valence-electron chi connectivity index (χ0n) is 18.3. The SMILES string of the molecule is CCCCCc1cc(OC(=O)C(F)(F)C(F)(F)F)c2c(c1)OC(C)(C)c1ccc(C)cc1-2.